The van der Waals surface area contributed by atoms with Crippen molar-refractivity contribution in [2.75, 3.05) is 0 Å². The number of ether oxygens (including phenoxy) is 1. The number of pyridine rings is 1. The summed E-state index contributed by atoms with van der Waals surface area (Å²) < 4.78 is 42.9. The van der Waals surface area contributed by atoms with Crippen molar-refractivity contribution in [3.05, 3.63) is 95.3 Å². The van der Waals surface area contributed by atoms with Crippen molar-refractivity contribution in [3.8, 4) is 11.8 Å². The molecular weight excluding hydrogens is 381 g/mol. The molecule has 3 aromatic rings. The molecule has 7 heteroatoms. The summed E-state index contributed by atoms with van der Waals surface area (Å²) in [6.07, 6.45) is -1.24. The van der Waals surface area contributed by atoms with Gasteiger partial charge in [0.2, 0.25) is 0 Å². The molecule has 0 aliphatic rings. The van der Waals surface area contributed by atoms with Gasteiger partial charge in [-0.05, 0) is 60.2 Å². The highest BCUT2D eigenvalue weighted by molar-refractivity contribution is 5.91. The quantitative estimate of drug-likeness (QED) is 0.338. The predicted molar refractivity (Wildman–Crippen MR) is 101 cm³/mol. The molecule has 0 aliphatic heterocycles. The second-order valence-corrected chi connectivity index (χ2v) is 5.92. The third-order valence-corrected chi connectivity index (χ3v) is 3.91. The van der Waals surface area contributed by atoms with Gasteiger partial charge in [0, 0.05) is 6.20 Å². The maximum Gasteiger partial charge on any atom is 0.416 e. The van der Waals surface area contributed by atoms with Crippen LogP contribution in [0.4, 0.5) is 13.2 Å². The normalized spacial score (nSPS) is 11.6. The van der Waals surface area contributed by atoms with Crippen LogP contribution < -0.4 is 4.74 Å². The predicted octanol–water partition coefficient (Wildman–Crippen LogP) is 5.38. The summed E-state index contributed by atoms with van der Waals surface area (Å²) in [5, 5.41) is 9.31. The zero-order chi connectivity index (χ0) is 20.9. The maximum atomic E-state index is 12.6. The second kappa shape index (κ2) is 8.40. The number of hydrogen-bond acceptors (Lipinski definition) is 4. The average Bonchev–Trinajstić information content (AvgIpc) is 2.73. The molecule has 0 unspecified atom stereocenters. The first-order valence-corrected chi connectivity index (χ1v) is 8.39. The van der Waals surface area contributed by atoms with Crippen molar-refractivity contribution in [2.45, 2.75) is 6.18 Å². The maximum absolute atomic E-state index is 12.6. The minimum Gasteiger partial charge on any atom is -0.423 e. The lowest BCUT2D eigenvalue weighted by Crippen LogP contribution is -2.10. The first-order chi connectivity index (χ1) is 13.9. The van der Waals surface area contributed by atoms with Crippen molar-refractivity contribution >= 4 is 17.6 Å². The van der Waals surface area contributed by atoms with Gasteiger partial charge in [0.1, 0.15) is 11.8 Å². The van der Waals surface area contributed by atoms with E-state index in [1.54, 1.807) is 42.6 Å². The number of nitriles is 1. The molecule has 2 aromatic carbocycles. The van der Waals surface area contributed by atoms with Crippen LogP contribution in [0.2, 0.25) is 0 Å². The first kappa shape index (κ1) is 19.8. The number of carbonyl (C=O) groups is 1. The highest BCUT2D eigenvalue weighted by Gasteiger charge is 2.30. The summed E-state index contributed by atoms with van der Waals surface area (Å²) in [6.45, 7) is 0. The van der Waals surface area contributed by atoms with E-state index >= 15 is 0 Å². The number of carbonyl (C=O) groups excluding carboxylic acids is 1. The van der Waals surface area contributed by atoms with Crippen LogP contribution in [-0.2, 0) is 6.18 Å². The Hall–Kier alpha value is -3.92. The van der Waals surface area contributed by atoms with E-state index in [0.717, 1.165) is 24.3 Å². The fourth-order valence-corrected chi connectivity index (χ4v) is 2.45. The van der Waals surface area contributed by atoms with Crippen LogP contribution >= 0.6 is 0 Å². The van der Waals surface area contributed by atoms with Gasteiger partial charge in [-0.25, -0.2) is 4.79 Å². The minimum absolute atomic E-state index is 0.00360. The lowest BCUT2D eigenvalue weighted by Gasteiger charge is -2.08. The highest BCUT2D eigenvalue weighted by atomic mass is 19.4. The molecule has 0 aliphatic carbocycles. The van der Waals surface area contributed by atoms with Crippen LogP contribution in [0.15, 0.2) is 72.9 Å². The highest BCUT2D eigenvalue weighted by Crippen LogP contribution is 2.29. The zero-order valence-electron chi connectivity index (χ0n) is 14.9. The van der Waals surface area contributed by atoms with Gasteiger partial charge in [-0.15, -0.1) is 0 Å². The number of aromatic nitrogens is 1. The van der Waals surface area contributed by atoms with E-state index in [1.165, 1.54) is 12.1 Å². The largest absolute Gasteiger partial charge is 0.423 e. The van der Waals surface area contributed by atoms with Crippen LogP contribution in [0.1, 0.15) is 27.2 Å². The summed E-state index contributed by atoms with van der Waals surface area (Å²) >= 11 is 0. The molecule has 0 radical (unpaired) electrons. The third-order valence-electron chi connectivity index (χ3n) is 3.91. The fraction of sp³-hybridized carbons (Fsp3) is 0.0455. The molecule has 1 heterocycles. The molecule has 3 rings (SSSR count). The van der Waals surface area contributed by atoms with Gasteiger partial charge >= 0.3 is 12.1 Å². The Morgan fingerprint density at radius 3 is 2.24 bits per heavy atom. The molecule has 0 atom stereocenters. The second-order valence-electron chi connectivity index (χ2n) is 5.92. The fourth-order valence-electron chi connectivity index (χ4n) is 2.45. The lowest BCUT2D eigenvalue weighted by molar-refractivity contribution is -0.137. The Morgan fingerprint density at radius 2 is 1.69 bits per heavy atom. The van der Waals surface area contributed by atoms with Gasteiger partial charge < -0.3 is 4.74 Å². The van der Waals surface area contributed by atoms with Crippen LogP contribution in [0.25, 0.3) is 11.6 Å². The van der Waals surface area contributed by atoms with Gasteiger partial charge in [-0.3, -0.25) is 4.98 Å². The van der Waals surface area contributed by atoms with Crippen molar-refractivity contribution in [2.24, 2.45) is 0 Å². The summed E-state index contributed by atoms with van der Waals surface area (Å²) in [5.41, 5.74) is 0.768. The van der Waals surface area contributed by atoms with E-state index in [1.807, 2.05) is 0 Å². The standard InChI is InChI=1S/C22H13F3N2O2/c23-22(24,25)18-8-6-16(7-9-18)21(28)29-19-10-4-15(5-11-19)13-17(14-26)20-3-1-2-12-27-20/h1-13H/b17-13+. The summed E-state index contributed by atoms with van der Waals surface area (Å²) in [5.74, 6) is -0.545. The molecule has 1 aromatic heterocycles. The number of nitrogens with zero attached hydrogens (tertiary/aromatic N) is 2. The molecule has 0 fully saturated rings. The van der Waals surface area contributed by atoms with E-state index in [-0.39, 0.29) is 11.3 Å². The van der Waals surface area contributed by atoms with Crippen molar-refractivity contribution in [1.29, 1.82) is 5.26 Å². The number of alkyl halides is 3. The number of hydrogen-bond donors (Lipinski definition) is 0. The lowest BCUT2D eigenvalue weighted by atomic mass is 10.1. The SMILES string of the molecule is N#C/C(=C\c1ccc(OC(=O)c2ccc(C(F)(F)F)cc2)cc1)c1ccccn1. The van der Waals surface area contributed by atoms with Crippen LogP contribution in [0, 0.1) is 11.3 Å². The molecule has 29 heavy (non-hydrogen) atoms. The Bertz CT molecular complexity index is 1070. The molecular formula is C22H13F3N2O2. The topological polar surface area (TPSA) is 63.0 Å². The minimum atomic E-state index is -4.47. The van der Waals surface area contributed by atoms with E-state index in [4.69, 9.17) is 4.74 Å². The Balaban J connectivity index is 1.71. The van der Waals surface area contributed by atoms with E-state index in [9.17, 15) is 23.2 Å². The van der Waals surface area contributed by atoms with Gasteiger partial charge in [0.05, 0.1) is 22.4 Å². The van der Waals surface area contributed by atoms with Crippen LogP contribution in [-0.4, -0.2) is 11.0 Å². The van der Waals surface area contributed by atoms with Crippen LogP contribution in [0.5, 0.6) is 5.75 Å². The van der Waals surface area contributed by atoms with Gasteiger partial charge in [-0.1, -0.05) is 18.2 Å². The van der Waals surface area contributed by atoms with Gasteiger partial charge in [-0.2, -0.15) is 18.4 Å². The smallest absolute Gasteiger partial charge is 0.416 e. The monoisotopic (exact) mass is 394 g/mol. The summed E-state index contributed by atoms with van der Waals surface area (Å²) in [6, 6.07) is 17.5. The number of benzene rings is 2. The molecule has 0 spiro atoms. The number of halogens is 3. The first-order valence-electron chi connectivity index (χ1n) is 8.39. The Morgan fingerprint density at radius 1 is 1.00 bits per heavy atom. The molecule has 0 amide bonds. The van der Waals surface area contributed by atoms with E-state index in [0.29, 0.717) is 16.8 Å². The molecule has 0 N–H and O–H groups in total. The van der Waals surface area contributed by atoms with Gasteiger partial charge in [0.15, 0.2) is 0 Å². The van der Waals surface area contributed by atoms with Crippen molar-refractivity contribution < 1.29 is 22.7 Å². The molecule has 144 valence electrons. The van der Waals surface area contributed by atoms with E-state index < -0.39 is 17.7 Å². The summed E-state index contributed by atoms with van der Waals surface area (Å²) in [7, 11) is 0. The van der Waals surface area contributed by atoms with Crippen molar-refractivity contribution in [3.63, 3.8) is 0 Å². The zero-order valence-corrected chi connectivity index (χ0v) is 14.9. The summed E-state index contributed by atoms with van der Waals surface area (Å²) in [4.78, 5) is 16.2. The third kappa shape index (κ3) is 5.08. The average molecular weight is 394 g/mol. The number of allylic oxidation sites excluding steroid dienone is 1. The Kier molecular flexibility index (Phi) is 5.74. The van der Waals surface area contributed by atoms with Crippen LogP contribution in [0.3, 0.4) is 0 Å². The Labute approximate surface area is 164 Å². The number of rotatable bonds is 4. The van der Waals surface area contributed by atoms with Crippen molar-refractivity contribution in [1.82, 2.24) is 4.98 Å². The number of esters is 1. The molecule has 0 saturated carbocycles. The van der Waals surface area contributed by atoms with E-state index in [2.05, 4.69) is 11.1 Å². The molecule has 4 nitrogen and oxygen atoms in total. The molecule has 0 bridgehead atoms. The van der Waals surface area contributed by atoms with Gasteiger partial charge in [0.25, 0.3) is 0 Å². The molecule has 0 saturated heterocycles.